The third-order valence-corrected chi connectivity index (χ3v) is 3.92. The van der Waals surface area contributed by atoms with E-state index >= 15 is 0 Å². The largest absolute Gasteiger partial charge is 0.315 e. The van der Waals surface area contributed by atoms with Gasteiger partial charge in [0.15, 0.2) is 0 Å². The van der Waals surface area contributed by atoms with E-state index in [2.05, 4.69) is 21.2 Å². The molecule has 3 nitrogen and oxygen atoms in total. The first-order valence-electron chi connectivity index (χ1n) is 4.38. The molecule has 0 bridgehead atoms. The fraction of sp³-hybridized carbons (Fsp3) is 0.875. The molecule has 0 aromatic heterocycles. The summed E-state index contributed by atoms with van der Waals surface area (Å²) in [7, 11) is 1.35. The predicted octanol–water partition coefficient (Wildman–Crippen LogP) is 3.50. The maximum atomic E-state index is 11.1. The Hall–Kier alpha value is 1.40. The van der Waals surface area contributed by atoms with Crippen molar-refractivity contribution in [1.82, 2.24) is 0 Å². The first-order chi connectivity index (χ1) is 6.72. The zero-order valence-corrected chi connectivity index (χ0v) is 12.8. The monoisotopic (exact) mass is 442 g/mol. The Morgan fingerprint density at radius 2 is 2.00 bits per heavy atom. The predicted molar refractivity (Wildman–Crippen MR) is 73.4 cm³/mol. The molecule has 0 amide bonds. The van der Waals surface area contributed by atoms with Crippen molar-refractivity contribution in [3.8, 4) is 0 Å². The summed E-state index contributed by atoms with van der Waals surface area (Å²) in [6.07, 6.45) is 3.14. The van der Waals surface area contributed by atoms with Crippen molar-refractivity contribution in [3.63, 3.8) is 0 Å². The second-order valence-corrected chi connectivity index (χ2v) is 5.68. The van der Waals surface area contributed by atoms with Gasteiger partial charge in [0.1, 0.15) is 28.8 Å². The first kappa shape index (κ1) is 13.5. The number of carbonyl (C=O) groups is 1. The summed E-state index contributed by atoms with van der Waals surface area (Å²) < 4.78 is 10.6. The van der Waals surface area contributed by atoms with Crippen LogP contribution in [0.25, 0.3) is 0 Å². The lowest BCUT2D eigenvalue weighted by atomic mass is 9.75. The summed E-state index contributed by atoms with van der Waals surface area (Å²) in [5.41, 5.74) is 0.0628. The number of halogens is 2. The third kappa shape index (κ3) is 4.11. The number of hydrogen-bond donors (Lipinski definition) is 0. The molecule has 0 aliphatic heterocycles. The Balaban J connectivity index is 2.48. The van der Waals surface area contributed by atoms with Gasteiger partial charge < -0.3 is 7.25 Å². The Morgan fingerprint density at radius 1 is 1.36 bits per heavy atom. The van der Waals surface area contributed by atoms with E-state index in [9.17, 15) is 4.79 Å². The van der Waals surface area contributed by atoms with Crippen molar-refractivity contribution in [3.05, 3.63) is 0 Å². The van der Waals surface area contributed by atoms with E-state index in [4.69, 9.17) is 7.25 Å². The van der Waals surface area contributed by atoms with Crippen molar-refractivity contribution in [1.29, 1.82) is 0 Å². The fourth-order valence-electron chi connectivity index (χ4n) is 1.65. The topological polar surface area (TPSA) is 35.5 Å². The van der Waals surface area contributed by atoms with E-state index in [1.165, 1.54) is 9.21 Å². The quantitative estimate of drug-likeness (QED) is 0.483. The highest BCUT2D eigenvalue weighted by molar-refractivity contribution is 14.2. The summed E-state index contributed by atoms with van der Waals surface area (Å²) in [5, 5.41) is 0. The zero-order chi connectivity index (χ0) is 10.4. The lowest BCUT2D eigenvalue weighted by Crippen LogP contribution is -2.35. The van der Waals surface area contributed by atoms with Gasteiger partial charge in [-0.1, -0.05) is 0 Å². The van der Waals surface area contributed by atoms with Crippen LogP contribution in [-0.4, -0.2) is 19.0 Å². The molecule has 1 aliphatic carbocycles. The summed E-state index contributed by atoms with van der Waals surface area (Å²) in [6, 6.07) is 0. The first-order valence-corrected chi connectivity index (χ1v) is 8.54. The van der Waals surface area contributed by atoms with Gasteiger partial charge in [-0.25, -0.2) is 0 Å². The van der Waals surface area contributed by atoms with Crippen LogP contribution in [0.1, 0.15) is 25.7 Å². The standard InChI is InChI=1S/C8H12I2O3S/c9-12-5-8(6-13-14-10)3-1-7(11)2-4-8/h1-6H2. The van der Waals surface area contributed by atoms with Gasteiger partial charge in [0.2, 0.25) is 0 Å². The second-order valence-electron chi connectivity index (χ2n) is 3.62. The maximum absolute atomic E-state index is 11.1. The van der Waals surface area contributed by atoms with Crippen LogP contribution < -0.4 is 0 Å². The molecule has 0 aromatic carbocycles. The van der Waals surface area contributed by atoms with Crippen LogP contribution in [0.4, 0.5) is 0 Å². The lowest BCUT2D eigenvalue weighted by Gasteiger charge is -2.34. The molecule has 1 rings (SSSR count). The van der Waals surface area contributed by atoms with E-state index in [-0.39, 0.29) is 5.41 Å². The van der Waals surface area contributed by atoms with Gasteiger partial charge in [0, 0.05) is 39.5 Å². The molecule has 1 aliphatic rings. The third-order valence-electron chi connectivity index (χ3n) is 2.64. The smallest absolute Gasteiger partial charge is 0.132 e. The van der Waals surface area contributed by atoms with E-state index in [1.807, 2.05) is 23.0 Å². The van der Waals surface area contributed by atoms with Gasteiger partial charge in [0.25, 0.3) is 0 Å². The van der Waals surface area contributed by atoms with Crippen molar-refractivity contribution in [2.24, 2.45) is 5.41 Å². The Kier molecular flexibility index (Phi) is 6.61. The van der Waals surface area contributed by atoms with Crippen molar-refractivity contribution < 1.29 is 12.0 Å². The molecule has 0 atom stereocenters. The van der Waals surface area contributed by atoms with Crippen LogP contribution in [0.3, 0.4) is 0 Å². The van der Waals surface area contributed by atoms with Crippen molar-refractivity contribution in [2.75, 3.05) is 13.2 Å². The highest BCUT2D eigenvalue weighted by Gasteiger charge is 2.35. The number of ketones is 1. The molecule has 0 heterocycles. The molecular weight excluding hydrogens is 430 g/mol. The maximum Gasteiger partial charge on any atom is 0.132 e. The number of hydrogen-bond acceptors (Lipinski definition) is 4. The van der Waals surface area contributed by atoms with E-state index in [0.717, 1.165) is 12.8 Å². The van der Waals surface area contributed by atoms with E-state index in [1.54, 1.807) is 0 Å². The van der Waals surface area contributed by atoms with Crippen LogP contribution in [0, 0.1) is 5.41 Å². The van der Waals surface area contributed by atoms with Crippen molar-refractivity contribution in [2.45, 2.75) is 25.7 Å². The molecule has 0 unspecified atom stereocenters. The van der Waals surface area contributed by atoms with Crippen molar-refractivity contribution >= 4 is 59.2 Å². The van der Waals surface area contributed by atoms with Crippen LogP contribution in [-0.2, 0) is 12.0 Å². The van der Waals surface area contributed by atoms with Gasteiger partial charge in [0.05, 0.1) is 22.4 Å². The summed E-state index contributed by atoms with van der Waals surface area (Å²) in [5.74, 6) is 0.371. The Bertz CT molecular complexity index is 191. The summed E-state index contributed by atoms with van der Waals surface area (Å²) in [6.45, 7) is 1.36. The fourth-order valence-corrected chi connectivity index (χ4v) is 2.99. The van der Waals surface area contributed by atoms with Crippen LogP contribution in [0.5, 0.6) is 0 Å². The van der Waals surface area contributed by atoms with Gasteiger partial charge >= 0.3 is 0 Å². The van der Waals surface area contributed by atoms with Gasteiger partial charge in [-0.15, -0.1) is 0 Å². The number of rotatable bonds is 5. The molecule has 0 aromatic rings. The summed E-state index contributed by atoms with van der Waals surface area (Å²) in [4.78, 5) is 11.1. The molecule has 0 radical (unpaired) electrons. The van der Waals surface area contributed by atoms with Gasteiger partial charge in [-0.05, 0) is 12.8 Å². The molecule has 0 saturated heterocycles. The molecule has 0 spiro atoms. The molecule has 1 saturated carbocycles. The average Bonchev–Trinajstić information content (AvgIpc) is 2.20. The van der Waals surface area contributed by atoms with E-state index in [0.29, 0.717) is 31.8 Å². The normalized spacial score (nSPS) is 21.1. The highest BCUT2D eigenvalue weighted by Crippen LogP contribution is 2.37. The van der Waals surface area contributed by atoms with Gasteiger partial charge in [-0.3, -0.25) is 4.79 Å². The molecule has 1 fully saturated rings. The van der Waals surface area contributed by atoms with E-state index < -0.39 is 0 Å². The molecule has 14 heavy (non-hydrogen) atoms. The van der Waals surface area contributed by atoms with Crippen LogP contribution >= 0.6 is 53.4 Å². The number of carbonyl (C=O) groups excluding carboxylic acids is 1. The molecule has 6 heteroatoms. The lowest BCUT2D eigenvalue weighted by molar-refractivity contribution is -0.123. The minimum absolute atomic E-state index is 0.0628. The second kappa shape index (κ2) is 6.87. The molecular formula is C8H12I2O3S. The molecule has 82 valence electrons. The minimum Gasteiger partial charge on any atom is -0.315 e. The SMILES string of the molecule is O=C1CCC(COI)(COSI)CC1. The molecule has 0 N–H and O–H groups in total. The van der Waals surface area contributed by atoms with Crippen LogP contribution in [0.2, 0.25) is 0 Å². The minimum atomic E-state index is 0.0628. The van der Waals surface area contributed by atoms with Crippen LogP contribution in [0.15, 0.2) is 0 Å². The average molecular weight is 442 g/mol. The zero-order valence-electron chi connectivity index (χ0n) is 7.63. The Labute approximate surface area is 115 Å². The highest BCUT2D eigenvalue weighted by atomic mass is 127. The number of Topliss-reactive ketones (excluding diaryl/α,β-unsaturated/α-hetero) is 1. The summed E-state index contributed by atoms with van der Waals surface area (Å²) >= 11 is 4.02. The Morgan fingerprint density at radius 3 is 2.50 bits per heavy atom. The van der Waals surface area contributed by atoms with Gasteiger partial charge in [-0.2, -0.15) is 0 Å².